The third kappa shape index (κ3) is 4.91. The summed E-state index contributed by atoms with van der Waals surface area (Å²) < 4.78 is 5.89. The number of aliphatic imine (C=N–C) groups is 1. The average Bonchev–Trinajstić information content (AvgIpc) is 3.28. The van der Waals surface area contributed by atoms with E-state index in [4.69, 9.17) is 15.5 Å². The van der Waals surface area contributed by atoms with E-state index in [0.717, 1.165) is 44.1 Å². The molecular formula is C31H40N4O3. The van der Waals surface area contributed by atoms with Crippen molar-refractivity contribution in [3.8, 4) is 5.75 Å². The lowest BCUT2D eigenvalue weighted by Gasteiger charge is -2.38. The van der Waals surface area contributed by atoms with E-state index >= 15 is 0 Å². The standard InChI is InChI=1S/C29H34N4O3.C2H6/c1-2-18-15-24-22-13-17(7-9-21(18)22)5-3-4-6-20-16-27(34)33(29(30)31-20)25-11-12-36-26-10-8-19(14-23(25)26)28(35)32-24;1-2/h7-10,13-14,18,20,24-25H,2-6,11-12,15-16H2,1H3,(H2,30,31)(H,32,35);1-2H3/t18?,20?,24?,25-;/m1./s1. The van der Waals surface area contributed by atoms with Gasteiger partial charge in [-0.15, -0.1) is 0 Å². The van der Waals surface area contributed by atoms with E-state index in [1.54, 1.807) is 4.90 Å². The molecular weight excluding hydrogens is 476 g/mol. The van der Waals surface area contributed by atoms with Crippen LogP contribution in [0.4, 0.5) is 0 Å². The van der Waals surface area contributed by atoms with E-state index in [1.807, 2.05) is 32.0 Å². The summed E-state index contributed by atoms with van der Waals surface area (Å²) in [6.45, 7) is 6.71. The van der Waals surface area contributed by atoms with Crippen LogP contribution in [0, 0.1) is 0 Å². The summed E-state index contributed by atoms with van der Waals surface area (Å²) in [7, 11) is 0. The number of hydrogen-bond donors (Lipinski definition) is 2. The second kappa shape index (κ2) is 11.2. The van der Waals surface area contributed by atoms with Crippen LogP contribution in [0.15, 0.2) is 41.4 Å². The van der Waals surface area contributed by atoms with Crippen LogP contribution in [-0.4, -0.2) is 35.3 Å². The van der Waals surface area contributed by atoms with Crippen LogP contribution in [0.25, 0.3) is 0 Å². The Morgan fingerprint density at radius 1 is 1.05 bits per heavy atom. The van der Waals surface area contributed by atoms with Crippen LogP contribution < -0.4 is 15.8 Å². The van der Waals surface area contributed by atoms with Gasteiger partial charge in [-0.25, -0.2) is 4.99 Å². The molecule has 7 heteroatoms. The van der Waals surface area contributed by atoms with E-state index in [-0.39, 0.29) is 35.9 Å². The zero-order valence-electron chi connectivity index (χ0n) is 22.8. The maximum absolute atomic E-state index is 13.5. The number of amides is 2. The van der Waals surface area contributed by atoms with E-state index < -0.39 is 0 Å². The molecule has 2 amide bonds. The number of nitrogens with zero attached hydrogens (tertiary/aromatic N) is 2. The Kier molecular flexibility index (Phi) is 7.73. The van der Waals surface area contributed by atoms with Gasteiger partial charge in [-0.3, -0.25) is 14.5 Å². The van der Waals surface area contributed by atoms with Crippen molar-refractivity contribution in [2.24, 2.45) is 10.7 Å². The number of hydrogen-bond acceptors (Lipinski definition) is 5. The summed E-state index contributed by atoms with van der Waals surface area (Å²) in [5.74, 6) is 1.33. The fourth-order valence-electron chi connectivity index (χ4n) is 6.47. The minimum Gasteiger partial charge on any atom is -0.493 e. The molecule has 0 spiro atoms. The Labute approximate surface area is 225 Å². The number of aryl methyl sites for hydroxylation is 1. The predicted molar refractivity (Wildman–Crippen MR) is 149 cm³/mol. The number of fused-ring (bicyclic) bond motifs is 5. The fraction of sp³-hybridized carbons (Fsp3) is 0.516. The lowest BCUT2D eigenvalue weighted by molar-refractivity contribution is -0.130. The van der Waals surface area contributed by atoms with Gasteiger partial charge < -0.3 is 15.8 Å². The number of rotatable bonds is 1. The highest BCUT2D eigenvalue weighted by Crippen LogP contribution is 2.43. The molecule has 4 aliphatic heterocycles. The van der Waals surface area contributed by atoms with Crippen LogP contribution in [-0.2, 0) is 11.2 Å². The SMILES string of the molecule is CC.CCC1CC2NC(=O)c3ccc4c(c3)[C@@H](CCO4)N3C(=O)CC(CCCCc4ccc1c2c4)N=C3N. The monoisotopic (exact) mass is 516 g/mol. The molecule has 3 unspecified atom stereocenters. The Morgan fingerprint density at radius 2 is 1.89 bits per heavy atom. The molecule has 7 rings (SSSR count). The zero-order chi connectivity index (χ0) is 26.8. The highest BCUT2D eigenvalue weighted by atomic mass is 16.5. The van der Waals surface area contributed by atoms with Crippen molar-refractivity contribution in [1.82, 2.24) is 10.2 Å². The number of carbonyl (C=O) groups is 2. The fourth-order valence-corrected chi connectivity index (χ4v) is 6.47. The van der Waals surface area contributed by atoms with Gasteiger partial charge in [0.2, 0.25) is 5.91 Å². The number of nitrogens with two attached hydrogens (primary N) is 1. The van der Waals surface area contributed by atoms with Gasteiger partial charge in [0.1, 0.15) is 5.75 Å². The Bertz CT molecular complexity index is 1240. The third-order valence-electron chi connectivity index (χ3n) is 8.37. The number of carbonyl (C=O) groups excluding carboxylic acids is 2. The summed E-state index contributed by atoms with van der Waals surface area (Å²) in [6, 6.07) is 12.0. The summed E-state index contributed by atoms with van der Waals surface area (Å²) in [4.78, 5) is 33.1. The van der Waals surface area contributed by atoms with E-state index in [0.29, 0.717) is 36.7 Å². The van der Waals surface area contributed by atoms with E-state index in [1.165, 1.54) is 16.7 Å². The van der Waals surface area contributed by atoms with Crippen LogP contribution in [0.2, 0.25) is 0 Å². The van der Waals surface area contributed by atoms with Gasteiger partial charge in [-0.2, -0.15) is 0 Å². The van der Waals surface area contributed by atoms with Crippen molar-refractivity contribution >= 4 is 17.8 Å². The molecule has 4 heterocycles. The topological polar surface area (TPSA) is 97.0 Å². The van der Waals surface area contributed by atoms with Crippen molar-refractivity contribution in [2.45, 2.75) is 96.2 Å². The van der Waals surface area contributed by atoms with Crippen LogP contribution in [0.3, 0.4) is 0 Å². The molecule has 202 valence electrons. The first-order chi connectivity index (χ1) is 18.5. The van der Waals surface area contributed by atoms with Crippen LogP contribution in [0.1, 0.15) is 116 Å². The van der Waals surface area contributed by atoms with Crippen molar-refractivity contribution in [3.05, 3.63) is 64.2 Å². The second-order valence-corrected chi connectivity index (χ2v) is 10.6. The molecule has 6 bridgehead atoms. The summed E-state index contributed by atoms with van der Waals surface area (Å²) in [5.41, 5.74) is 11.7. The number of benzene rings is 2. The maximum Gasteiger partial charge on any atom is 0.251 e. The molecule has 2 aromatic carbocycles. The first-order valence-corrected chi connectivity index (χ1v) is 14.4. The molecule has 1 aliphatic carbocycles. The maximum atomic E-state index is 13.5. The molecule has 0 aromatic heterocycles. The largest absolute Gasteiger partial charge is 0.493 e. The van der Waals surface area contributed by atoms with Crippen LogP contribution >= 0.6 is 0 Å². The molecule has 0 saturated heterocycles. The smallest absolute Gasteiger partial charge is 0.251 e. The van der Waals surface area contributed by atoms with Gasteiger partial charge in [0.05, 0.1) is 24.7 Å². The summed E-state index contributed by atoms with van der Waals surface area (Å²) in [6.07, 6.45) is 6.82. The molecule has 0 saturated carbocycles. The van der Waals surface area contributed by atoms with Gasteiger partial charge in [-0.1, -0.05) is 45.4 Å². The Morgan fingerprint density at radius 3 is 2.68 bits per heavy atom. The number of ether oxygens (including phenoxy) is 1. The zero-order valence-corrected chi connectivity index (χ0v) is 22.8. The molecule has 4 atom stereocenters. The lowest BCUT2D eigenvalue weighted by Crippen LogP contribution is -2.50. The normalized spacial score (nSPS) is 26.3. The molecule has 0 radical (unpaired) electrons. The lowest BCUT2D eigenvalue weighted by atomic mass is 9.94. The van der Waals surface area contributed by atoms with Gasteiger partial charge in [-0.05, 0) is 72.9 Å². The van der Waals surface area contributed by atoms with Crippen molar-refractivity contribution < 1.29 is 14.3 Å². The minimum absolute atomic E-state index is 0.00175. The molecule has 0 fully saturated rings. The first-order valence-electron chi connectivity index (χ1n) is 14.4. The highest BCUT2D eigenvalue weighted by molar-refractivity contribution is 5.99. The summed E-state index contributed by atoms with van der Waals surface area (Å²) >= 11 is 0. The molecule has 7 nitrogen and oxygen atoms in total. The van der Waals surface area contributed by atoms with Gasteiger partial charge >= 0.3 is 0 Å². The molecule has 3 N–H and O–H groups in total. The number of nitrogens with one attached hydrogen (secondary N) is 1. The average molecular weight is 517 g/mol. The minimum atomic E-state index is -0.281. The van der Waals surface area contributed by atoms with Crippen molar-refractivity contribution in [2.75, 3.05) is 6.61 Å². The molecule has 2 aromatic rings. The molecule has 38 heavy (non-hydrogen) atoms. The molecule has 5 aliphatic rings. The Balaban J connectivity index is 0.00000144. The van der Waals surface area contributed by atoms with Crippen molar-refractivity contribution in [1.29, 1.82) is 0 Å². The summed E-state index contributed by atoms with van der Waals surface area (Å²) in [5, 5.41) is 3.32. The Hall–Kier alpha value is -3.35. The first kappa shape index (κ1) is 26.3. The van der Waals surface area contributed by atoms with Gasteiger partial charge in [0.25, 0.3) is 5.91 Å². The van der Waals surface area contributed by atoms with E-state index in [2.05, 4.69) is 30.4 Å². The quantitative estimate of drug-likeness (QED) is 0.520. The van der Waals surface area contributed by atoms with E-state index in [9.17, 15) is 9.59 Å². The van der Waals surface area contributed by atoms with Crippen LogP contribution in [0.5, 0.6) is 5.75 Å². The second-order valence-electron chi connectivity index (χ2n) is 10.6. The number of guanidine groups is 1. The van der Waals surface area contributed by atoms with Gasteiger partial charge in [0.15, 0.2) is 5.96 Å². The highest BCUT2D eigenvalue weighted by Gasteiger charge is 2.37. The van der Waals surface area contributed by atoms with Gasteiger partial charge in [0, 0.05) is 24.0 Å². The third-order valence-corrected chi connectivity index (χ3v) is 8.37. The van der Waals surface area contributed by atoms with Crippen molar-refractivity contribution in [3.63, 3.8) is 0 Å². The predicted octanol–water partition coefficient (Wildman–Crippen LogP) is 5.55.